The summed E-state index contributed by atoms with van der Waals surface area (Å²) < 4.78 is 1.80. The summed E-state index contributed by atoms with van der Waals surface area (Å²) in [5.41, 5.74) is 3.45. The molecule has 0 bridgehead atoms. The van der Waals surface area contributed by atoms with E-state index in [9.17, 15) is 4.79 Å². The molecular formula is C16H20N4O. The van der Waals surface area contributed by atoms with Crippen LogP contribution in [0.2, 0.25) is 0 Å². The Kier molecular flexibility index (Phi) is 3.73. The second-order valence-electron chi connectivity index (χ2n) is 5.80. The highest BCUT2D eigenvalue weighted by Gasteiger charge is 2.22. The highest BCUT2D eigenvalue weighted by molar-refractivity contribution is 5.76. The fraction of sp³-hybridized carbons (Fsp3) is 0.438. The largest absolute Gasteiger partial charge is 0.336 e. The van der Waals surface area contributed by atoms with Gasteiger partial charge in [-0.05, 0) is 17.5 Å². The number of nitrogens with zero attached hydrogens (tertiary/aromatic N) is 4. The van der Waals surface area contributed by atoms with Crippen LogP contribution in [0.4, 0.5) is 0 Å². The smallest absolute Gasteiger partial charge is 0.242 e. The summed E-state index contributed by atoms with van der Waals surface area (Å²) in [5, 5.41) is 0. The molecule has 0 unspecified atom stereocenters. The minimum absolute atomic E-state index is 0.131. The normalized spacial score (nSPS) is 14.3. The lowest BCUT2D eigenvalue weighted by atomic mass is 10.0. The molecule has 0 atom stereocenters. The zero-order chi connectivity index (χ0) is 14.8. The Balaban J connectivity index is 1.71. The van der Waals surface area contributed by atoms with Crippen LogP contribution in [0.5, 0.6) is 0 Å². The van der Waals surface area contributed by atoms with Crippen LogP contribution in [0.1, 0.15) is 36.7 Å². The zero-order valence-electron chi connectivity index (χ0n) is 12.5. The van der Waals surface area contributed by atoms with Crippen molar-refractivity contribution < 1.29 is 4.79 Å². The number of imidazole rings is 1. The van der Waals surface area contributed by atoms with Crippen molar-refractivity contribution in [3.05, 3.63) is 47.8 Å². The van der Waals surface area contributed by atoms with Crippen LogP contribution < -0.4 is 0 Å². The second kappa shape index (κ2) is 5.68. The molecule has 110 valence electrons. The molecule has 2 aromatic heterocycles. The van der Waals surface area contributed by atoms with Crippen LogP contribution >= 0.6 is 0 Å². The molecule has 0 radical (unpaired) electrons. The molecule has 0 spiro atoms. The van der Waals surface area contributed by atoms with Gasteiger partial charge in [0.2, 0.25) is 5.91 Å². The summed E-state index contributed by atoms with van der Waals surface area (Å²) in [6.45, 7) is 6.06. The third kappa shape index (κ3) is 2.96. The standard InChI is InChI=1S/C16H20N4O/c1-12(2)14-4-3-13-9-20(7-5-15(13)18-14)16(21)10-19-8-6-17-11-19/h3-4,6,8,11-12H,5,7,9-10H2,1-2H3. The van der Waals surface area contributed by atoms with Gasteiger partial charge in [-0.15, -0.1) is 0 Å². The van der Waals surface area contributed by atoms with Crippen LogP contribution in [0.15, 0.2) is 30.9 Å². The average molecular weight is 284 g/mol. The minimum Gasteiger partial charge on any atom is -0.336 e. The number of hydrogen-bond acceptors (Lipinski definition) is 3. The summed E-state index contributed by atoms with van der Waals surface area (Å²) >= 11 is 0. The van der Waals surface area contributed by atoms with Crippen molar-refractivity contribution >= 4 is 5.91 Å². The summed E-state index contributed by atoms with van der Waals surface area (Å²) in [5.74, 6) is 0.572. The second-order valence-corrected chi connectivity index (χ2v) is 5.80. The van der Waals surface area contributed by atoms with Gasteiger partial charge >= 0.3 is 0 Å². The number of pyridine rings is 1. The number of hydrogen-bond donors (Lipinski definition) is 0. The number of carbonyl (C=O) groups is 1. The molecule has 0 saturated heterocycles. The predicted molar refractivity (Wildman–Crippen MR) is 79.7 cm³/mol. The Bertz CT molecular complexity index is 634. The molecule has 0 saturated carbocycles. The van der Waals surface area contributed by atoms with Gasteiger partial charge < -0.3 is 9.47 Å². The maximum Gasteiger partial charge on any atom is 0.242 e. The van der Waals surface area contributed by atoms with E-state index in [0.717, 1.165) is 24.4 Å². The molecule has 1 aliphatic heterocycles. The number of fused-ring (bicyclic) bond motifs is 1. The number of aromatic nitrogens is 3. The lowest BCUT2D eigenvalue weighted by Gasteiger charge is -2.29. The highest BCUT2D eigenvalue weighted by Crippen LogP contribution is 2.21. The van der Waals surface area contributed by atoms with Crippen molar-refractivity contribution in [1.82, 2.24) is 19.4 Å². The monoisotopic (exact) mass is 284 g/mol. The molecule has 0 fully saturated rings. The first-order valence-electron chi connectivity index (χ1n) is 7.35. The molecule has 5 nitrogen and oxygen atoms in total. The van der Waals surface area contributed by atoms with E-state index in [4.69, 9.17) is 4.98 Å². The van der Waals surface area contributed by atoms with E-state index in [-0.39, 0.29) is 5.91 Å². The van der Waals surface area contributed by atoms with Crippen LogP contribution in [0, 0.1) is 0 Å². The highest BCUT2D eigenvalue weighted by atomic mass is 16.2. The molecule has 21 heavy (non-hydrogen) atoms. The van der Waals surface area contributed by atoms with Crippen molar-refractivity contribution in [2.24, 2.45) is 0 Å². The van der Waals surface area contributed by atoms with E-state index in [0.29, 0.717) is 19.0 Å². The molecule has 1 amide bonds. The maximum absolute atomic E-state index is 12.3. The lowest BCUT2D eigenvalue weighted by molar-refractivity contribution is -0.132. The van der Waals surface area contributed by atoms with Gasteiger partial charge in [0.1, 0.15) is 6.54 Å². The molecule has 5 heteroatoms. The topological polar surface area (TPSA) is 51.0 Å². The molecule has 2 aromatic rings. The van der Waals surface area contributed by atoms with Crippen molar-refractivity contribution in [2.45, 2.75) is 39.3 Å². The Morgan fingerprint density at radius 3 is 2.95 bits per heavy atom. The molecule has 3 heterocycles. The van der Waals surface area contributed by atoms with Gasteiger partial charge in [0.25, 0.3) is 0 Å². The van der Waals surface area contributed by atoms with Gasteiger partial charge in [-0.2, -0.15) is 0 Å². The molecule has 0 N–H and O–H groups in total. The van der Waals surface area contributed by atoms with Gasteiger partial charge in [-0.1, -0.05) is 19.9 Å². The van der Waals surface area contributed by atoms with Gasteiger partial charge in [-0.3, -0.25) is 9.78 Å². The van der Waals surface area contributed by atoms with Crippen LogP contribution in [-0.2, 0) is 24.3 Å². The lowest BCUT2D eigenvalue weighted by Crippen LogP contribution is -2.38. The quantitative estimate of drug-likeness (QED) is 0.866. The minimum atomic E-state index is 0.131. The predicted octanol–water partition coefficient (Wildman–Crippen LogP) is 1.99. The van der Waals surface area contributed by atoms with E-state index >= 15 is 0 Å². The van der Waals surface area contributed by atoms with E-state index in [1.54, 1.807) is 17.1 Å². The summed E-state index contributed by atoms with van der Waals surface area (Å²) in [4.78, 5) is 22.9. The first-order valence-corrected chi connectivity index (χ1v) is 7.35. The Hall–Kier alpha value is -2.17. The van der Waals surface area contributed by atoms with Crippen LogP contribution in [0.3, 0.4) is 0 Å². The third-order valence-corrected chi connectivity index (χ3v) is 3.89. The molecule has 1 aliphatic rings. The van der Waals surface area contributed by atoms with Crippen molar-refractivity contribution in [2.75, 3.05) is 6.54 Å². The van der Waals surface area contributed by atoms with Crippen molar-refractivity contribution in [3.8, 4) is 0 Å². The number of rotatable bonds is 3. The average Bonchev–Trinajstić information content (AvgIpc) is 2.99. The van der Waals surface area contributed by atoms with Gasteiger partial charge in [-0.25, -0.2) is 4.98 Å². The summed E-state index contributed by atoms with van der Waals surface area (Å²) in [6.07, 6.45) is 6.01. The number of amides is 1. The first kappa shape index (κ1) is 13.8. The first-order chi connectivity index (χ1) is 10.1. The number of carbonyl (C=O) groups excluding carboxylic acids is 1. The van der Waals surface area contributed by atoms with Crippen molar-refractivity contribution in [1.29, 1.82) is 0 Å². The molecule has 0 aliphatic carbocycles. The Morgan fingerprint density at radius 1 is 1.38 bits per heavy atom. The Morgan fingerprint density at radius 2 is 2.24 bits per heavy atom. The fourth-order valence-corrected chi connectivity index (χ4v) is 2.60. The fourth-order valence-electron chi connectivity index (χ4n) is 2.60. The van der Waals surface area contributed by atoms with E-state index in [2.05, 4.69) is 31.0 Å². The zero-order valence-corrected chi connectivity index (χ0v) is 12.5. The third-order valence-electron chi connectivity index (χ3n) is 3.89. The van der Waals surface area contributed by atoms with Crippen LogP contribution in [0.25, 0.3) is 0 Å². The van der Waals surface area contributed by atoms with Gasteiger partial charge in [0.15, 0.2) is 0 Å². The SMILES string of the molecule is CC(C)c1ccc2c(n1)CCN(C(=O)Cn1ccnc1)C2. The van der Waals surface area contributed by atoms with Gasteiger partial charge in [0, 0.05) is 43.3 Å². The van der Waals surface area contributed by atoms with E-state index in [1.165, 1.54) is 5.56 Å². The molecule has 3 rings (SSSR count). The summed E-state index contributed by atoms with van der Waals surface area (Å²) in [6, 6.07) is 4.20. The van der Waals surface area contributed by atoms with Gasteiger partial charge in [0.05, 0.1) is 6.33 Å². The summed E-state index contributed by atoms with van der Waals surface area (Å²) in [7, 11) is 0. The van der Waals surface area contributed by atoms with Crippen LogP contribution in [-0.4, -0.2) is 31.9 Å². The molecule has 0 aromatic carbocycles. The van der Waals surface area contributed by atoms with Crippen molar-refractivity contribution in [3.63, 3.8) is 0 Å². The Labute approximate surface area is 124 Å². The maximum atomic E-state index is 12.3. The van der Waals surface area contributed by atoms with E-state index in [1.807, 2.05) is 11.1 Å². The molecular weight excluding hydrogens is 264 g/mol. The van der Waals surface area contributed by atoms with E-state index < -0.39 is 0 Å².